The second-order valence-electron chi connectivity index (χ2n) is 5.94. The second-order valence-corrected chi connectivity index (χ2v) is 5.94. The molecule has 7 nitrogen and oxygen atoms in total. The van der Waals surface area contributed by atoms with E-state index < -0.39 is 5.76 Å². The van der Waals surface area contributed by atoms with E-state index >= 15 is 0 Å². The molecule has 1 aromatic carbocycles. The lowest BCUT2D eigenvalue weighted by Crippen LogP contribution is -2.33. The van der Waals surface area contributed by atoms with Gasteiger partial charge in [-0.1, -0.05) is 18.2 Å². The summed E-state index contributed by atoms with van der Waals surface area (Å²) in [7, 11) is 0. The lowest BCUT2D eigenvalue weighted by molar-refractivity contribution is -0.122. The molecule has 1 amide bonds. The predicted octanol–water partition coefficient (Wildman–Crippen LogP) is 2.59. The molecule has 7 heteroatoms. The van der Waals surface area contributed by atoms with E-state index in [0.29, 0.717) is 5.76 Å². The molecule has 0 aliphatic rings. The molecular formula is C18H19N3O4. The van der Waals surface area contributed by atoms with Gasteiger partial charge in [0.15, 0.2) is 5.76 Å². The summed E-state index contributed by atoms with van der Waals surface area (Å²) in [6.45, 7) is 5.73. The van der Waals surface area contributed by atoms with Crippen LogP contribution in [0, 0.1) is 13.8 Å². The van der Waals surface area contributed by atoms with Crippen LogP contribution in [0.3, 0.4) is 0 Å². The van der Waals surface area contributed by atoms with E-state index in [0.717, 1.165) is 15.8 Å². The Kier molecular flexibility index (Phi) is 4.56. The van der Waals surface area contributed by atoms with Gasteiger partial charge in [0.05, 0.1) is 12.3 Å². The number of carbonyl (C=O) groups is 1. The van der Waals surface area contributed by atoms with Gasteiger partial charge in [0.25, 0.3) is 5.89 Å². The van der Waals surface area contributed by atoms with Crippen molar-refractivity contribution in [3.63, 3.8) is 0 Å². The molecule has 2 aromatic heterocycles. The molecular weight excluding hydrogens is 322 g/mol. The molecule has 25 heavy (non-hydrogen) atoms. The van der Waals surface area contributed by atoms with Gasteiger partial charge < -0.3 is 14.2 Å². The molecule has 0 bridgehead atoms. The first kappa shape index (κ1) is 16.8. The van der Waals surface area contributed by atoms with Gasteiger partial charge in [-0.05, 0) is 49.6 Å². The molecule has 2 heterocycles. The average Bonchev–Trinajstić information content (AvgIpc) is 3.20. The summed E-state index contributed by atoms with van der Waals surface area (Å²) in [6.07, 6.45) is 1.45. The zero-order valence-corrected chi connectivity index (χ0v) is 14.3. The van der Waals surface area contributed by atoms with Gasteiger partial charge in [0.2, 0.25) is 5.91 Å². The molecule has 0 fully saturated rings. The predicted molar refractivity (Wildman–Crippen MR) is 90.9 cm³/mol. The number of carbonyl (C=O) groups excluding carboxylic acids is 1. The Morgan fingerprint density at radius 3 is 2.76 bits per heavy atom. The van der Waals surface area contributed by atoms with Crippen LogP contribution in [-0.2, 0) is 11.3 Å². The van der Waals surface area contributed by atoms with Gasteiger partial charge in [-0.3, -0.25) is 4.79 Å². The molecule has 0 spiro atoms. The lowest BCUT2D eigenvalue weighted by Gasteiger charge is -2.15. The van der Waals surface area contributed by atoms with Gasteiger partial charge in [-0.25, -0.2) is 4.79 Å². The molecule has 1 N–H and O–H groups in total. The topological polar surface area (TPSA) is 90.3 Å². The molecule has 0 aliphatic heterocycles. The summed E-state index contributed by atoms with van der Waals surface area (Å²) in [5.74, 6) is -0.655. The maximum absolute atomic E-state index is 12.2. The van der Waals surface area contributed by atoms with Crippen LogP contribution in [0.15, 0.2) is 50.2 Å². The first-order valence-electron chi connectivity index (χ1n) is 7.92. The van der Waals surface area contributed by atoms with E-state index in [9.17, 15) is 9.59 Å². The van der Waals surface area contributed by atoms with Crippen LogP contribution in [0.25, 0.3) is 11.7 Å². The van der Waals surface area contributed by atoms with Crippen LogP contribution in [0.1, 0.15) is 29.7 Å². The van der Waals surface area contributed by atoms with E-state index in [-0.39, 0.29) is 24.4 Å². The summed E-state index contributed by atoms with van der Waals surface area (Å²) in [4.78, 5) is 24.0. The van der Waals surface area contributed by atoms with Crippen molar-refractivity contribution in [2.75, 3.05) is 0 Å². The normalized spacial score (nSPS) is 12.1. The summed E-state index contributed by atoms with van der Waals surface area (Å²) in [5.41, 5.74) is 3.36. The highest BCUT2D eigenvalue weighted by molar-refractivity contribution is 5.76. The van der Waals surface area contributed by atoms with Crippen molar-refractivity contribution in [3.05, 3.63) is 63.8 Å². The van der Waals surface area contributed by atoms with Crippen molar-refractivity contribution < 1.29 is 13.6 Å². The molecule has 3 rings (SSSR count). The Balaban J connectivity index is 1.68. The monoisotopic (exact) mass is 341 g/mol. The minimum Gasteiger partial charge on any atom is -0.459 e. The van der Waals surface area contributed by atoms with Gasteiger partial charge in [0, 0.05) is 0 Å². The number of nitrogens with one attached hydrogen (secondary N) is 1. The van der Waals surface area contributed by atoms with Crippen LogP contribution < -0.4 is 11.1 Å². The third kappa shape index (κ3) is 3.71. The highest BCUT2D eigenvalue weighted by atomic mass is 16.4. The van der Waals surface area contributed by atoms with Gasteiger partial charge >= 0.3 is 5.76 Å². The zero-order valence-electron chi connectivity index (χ0n) is 14.3. The van der Waals surface area contributed by atoms with Crippen molar-refractivity contribution >= 4 is 5.91 Å². The quantitative estimate of drug-likeness (QED) is 0.770. The molecule has 0 saturated carbocycles. The molecule has 1 atom stereocenters. The number of amides is 1. The standard InChI is InChI=1S/C18H19N3O4/c1-11-6-7-14(9-12(11)2)13(3)19-16(22)10-21-18(23)25-17(20-21)15-5-4-8-24-15/h4-9,13H,10H2,1-3H3,(H,19,22). The van der Waals surface area contributed by atoms with Crippen LogP contribution >= 0.6 is 0 Å². The Bertz CT molecular complexity index is 938. The SMILES string of the molecule is Cc1ccc(C(C)NC(=O)Cn2nc(-c3ccco3)oc2=O)cc1C. The van der Waals surface area contributed by atoms with Crippen molar-refractivity contribution in [1.82, 2.24) is 15.1 Å². The Morgan fingerprint density at radius 1 is 1.28 bits per heavy atom. The van der Waals surface area contributed by atoms with Crippen LogP contribution in [0.4, 0.5) is 0 Å². The minimum absolute atomic E-state index is 0.0463. The lowest BCUT2D eigenvalue weighted by atomic mass is 10.0. The highest BCUT2D eigenvalue weighted by Crippen LogP contribution is 2.17. The van der Waals surface area contributed by atoms with Gasteiger partial charge in [-0.2, -0.15) is 4.68 Å². The fourth-order valence-electron chi connectivity index (χ4n) is 2.45. The number of rotatable bonds is 5. The smallest absolute Gasteiger partial charge is 0.437 e. The number of furan rings is 1. The largest absolute Gasteiger partial charge is 0.459 e. The number of benzene rings is 1. The first-order valence-corrected chi connectivity index (χ1v) is 7.92. The maximum atomic E-state index is 12.2. The third-order valence-corrected chi connectivity index (χ3v) is 4.04. The van der Waals surface area contributed by atoms with Crippen molar-refractivity contribution in [3.8, 4) is 11.7 Å². The van der Waals surface area contributed by atoms with Crippen LogP contribution in [0.5, 0.6) is 0 Å². The Hall–Kier alpha value is -3.09. The molecule has 130 valence electrons. The number of aromatic nitrogens is 2. The third-order valence-electron chi connectivity index (χ3n) is 4.04. The number of nitrogens with zero attached hydrogens (tertiary/aromatic N) is 2. The fourth-order valence-corrected chi connectivity index (χ4v) is 2.45. The molecule has 0 radical (unpaired) electrons. The summed E-state index contributed by atoms with van der Waals surface area (Å²) in [6, 6.07) is 9.13. The zero-order chi connectivity index (χ0) is 18.0. The molecule has 1 unspecified atom stereocenters. The van der Waals surface area contributed by atoms with E-state index in [2.05, 4.69) is 10.4 Å². The van der Waals surface area contributed by atoms with E-state index in [1.54, 1.807) is 12.1 Å². The van der Waals surface area contributed by atoms with Gasteiger partial charge in [-0.15, -0.1) is 5.10 Å². The van der Waals surface area contributed by atoms with Crippen molar-refractivity contribution in [1.29, 1.82) is 0 Å². The minimum atomic E-state index is -0.708. The fraction of sp³-hybridized carbons (Fsp3) is 0.278. The van der Waals surface area contributed by atoms with Gasteiger partial charge in [0.1, 0.15) is 6.54 Å². The summed E-state index contributed by atoms with van der Waals surface area (Å²) < 4.78 is 11.1. The van der Waals surface area contributed by atoms with E-state index in [1.807, 2.05) is 39.0 Å². The molecule has 3 aromatic rings. The molecule has 0 saturated heterocycles. The number of hydrogen-bond acceptors (Lipinski definition) is 5. The Morgan fingerprint density at radius 2 is 2.08 bits per heavy atom. The molecule has 0 aliphatic carbocycles. The second kappa shape index (κ2) is 6.80. The van der Waals surface area contributed by atoms with E-state index in [1.165, 1.54) is 11.8 Å². The van der Waals surface area contributed by atoms with E-state index in [4.69, 9.17) is 8.83 Å². The first-order chi connectivity index (χ1) is 11.9. The van der Waals surface area contributed by atoms with Crippen molar-refractivity contribution in [2.24, 2.45) is 0 Å². The summed E-state index contributed by atoms with van der Waals surface area (Å²) in [5, 5.41) is 6.84. The number of hydrogen-bond donors (Lipinski definition) is 1. The summed E-state index contributed by atoms with van der Waals surface area (Å²) >= 11 is 0. The van der Waals surface area contributed by atoms with Crippen LogP contribution in [-0.4, -0.2) is 15.7 Å². The highest BCUT2D eigenvalue weighted by Gasteiger charge is 2.16. The maximum Gasteiger partial charge on any atom is 0.437 e. The van der Waals surface area contributed by atoms with Crippen molar-refractivity contribution in [2.45, 2.75) is 33.4 Å². The average molecular weight is 341 g/mol. The Labute approximate surface area is 144 Å². The number of aryl methyl sites for hydroxylation is 2. The van der Waals surface area contributed by atoms with Crippen LogP contribution in [0.2, 0.25) is 0 Å².